The van der Waals surface area contributed by atoms with Crippen molar-refractivity contribution in [1.82, 2.24) is 5.43 Å². The molecule has 16 heavy (non-hydrogen) atoms. The van der Waals surface area contributed by atoms with E-state index in [0.717, 1.165) is 5.69 Å². The number of hydrogen-bond donors (Lipinski definition) is 1. The molecule has 0 atom stereocenters. The van der Waals surface area contributed by atoms with Crippen LogP contribution in [0.1, 0.15) is 25.7 Å². The minimum Gasteiger partial charge on any atom is -0.289 e. The van der Waals surface area contributed by atoms with E-state index in [0.29, 0.717) is 12.3 Å². The summed E-state index contributed by atoms with van der Waals surface area (Å²) < 4.78 is 0. The van der Waals surface area contributed by atoms with Gasteiger partial charge in [0.2, 0.25) is 5.91 Å². The van der Waals surface area contributed by atoms with Crippen molar-refractivity contribution in [2.24, 2.45) is 5.92 Å². The molecule has 0 heterocycles. The molecule has 0 bridgehead atoms. The predicted molar refractivity (Wildman–Crippen MR) is 64.9 cm³/mol. The van der Waals surface area contributed by atoms with E-state index in [1.807, 2.05) is 37.4 Å². The molecule has 1 fully saturated rings. The summed E-state index contributed by atoms with van der Waals surface area (Å²) in [6, 6.07) is 9.84. The minimum absolute atomic E-state index is 0.121. The molecule has 0 aliphatic heterocycles. The lowest BCUT2D eigenvalue weighted by Gasteiger charge is -2.26. The van der Waals surface area contributed by atoms with E-state index in [9.17, 15) is 4.79 Å². The van der Waals surface area contributed by atoms with Crippen molar-refractivity contribution in [1.29, 1.82) is 0 Å². The molecule has 86 valence electrons. The van der Waals surface area contributed by atoms with Crippen molar-refractivity contribution in [2.45, 2.75) is 25.7 Å². The topological polar surface area (TPSA) is 32.3 Å². The molecule has 1 N–H and O–H groups in total. The summed E-state index contributed by atoms with van der Waals surface area (Å²) in [6.45, 7) is 0. The van der Waals surface area contributed by atoms with Crippen molar-refractivity contribution >= 4 is 11.6 Å². The van der Waals surface area contributed by atoms with Crippen molar-refractivity contribution in [3.63, 3.8) is 0 Å². The molecule has 1 aliphatic carbocycles. The van der Waals surface area contributed by atoms with Crippen molar-refractivity contribution in [3.05, 3.63) is 30.3 Å². The Balaban J connectivity index is 1.82. The lowest BCUT2D eigenvalue weighted by atomic mass is 9.83. The van der Waals surface area contributed by atoms with Gasteiger partial charge in [-0.25, -0.2) is 0 Å². The molecule has 3 nitrogen and oxygen atoms in total. The lowest BCUT2D eigenvalue weighted by molar-refractivity contribution is -0.122. The van der Waals surface area contributed by atoms with E-state index >= 15 is 0 Å². The molecule has 1 aromatic carbocycles. The van der Waals surface area contributed by atoms with Crippen LogP contribution in [0.2, 0.25) is 0 Å². The molecule has 1 aromatic rings. The third-order valence-corrected chi connectivity index (χ3v) is 3.13. The number of anilines is 1. The SMILES string of the molecule is CN(NC(=O)CC1CCC1)c1ccccc1. The van der Waals surface area contributed by atoms with Crippen LogP contribution < -0.4 is 10.4 Å². The number of carbonyl (C=O) groups is 1. The zero-order valence-electron chi connectivity index (χ0n) is 9.65. The minimum atomic E-state index is 0.121. The van der Waals surface area contributed by atoms with Gasteiger partial charge in [0.15, 0.2) is 0 Å². The van der Waals surface area contributed by atoms with Gasteiger partial charge in [0, 0.05) is 13.5 Å². The van der Waals surface area contributed by atoms with Gasteiger partial charge in [0.25, 0.3) is 0 Å². The Morgan fingerprint density at radius 2 is 2.06 bits per heavy atom. The quantitative estimate of drug-likeness (QED) is 0.787. The van der Waals surface area contributed by atoms with Gasteiger partial charge in [0.05, 0.1) is 5.69 Å². The molecule has 2 rings (SSSR count). The number of nitrogens with zero attached hydrogens (tertiary/aromatic N) is 1. The molecule has 3 heteroatoms. The molecule has 0 unspecified atom stereocenters. The summed E-state index contributed by atoms with van der Waals surface area (Å²) in [7, 11) is 1.87. The van der Waals surface area contributed by atoms with Crippen LogP contribution in [0.5, 0.6) is 0 Å². The van der Waals surface area contributed by atoms with Gasteiger partial charge in [-0.2, -0.15) is 0 Å². The maximum absolute atomic E-state index is 11.7. The van der Waals surface area contributed by atoms with E-state index in [2.05, 4.69) is 5.43 Å². The number of para-hydroxylation sites is 1. The smallest absolute Gasteiger partial charge is 0.238 e. The molecule has 1 amide bonds. The molecule has 0 aromatic heterocycles. The Bertz CT molecular complexity index is 346. The number of hydrazine groups is 1. The molecule has 0 saturated heterocycles. The summed E-state index contributed by atoms with van der Waals surface area (Å²) in [6.07, 6.45) is 4.37. The second-order valence-corrected chi connectivity index (χ2v) is 4.43. The third-order valence-electron chi connectivity index (χ3n) is 3.13. The maximum atomic E-state index is 11.7. The zero-order chi connectivity index (χ0) is 11.4. The summed E-state index contributed by atoms with van der Waals surface area (Å²) in [5, 5.41) is 1.78. The van der Waals surface area contributed by atoms with Crippen LogP contribution in [0.4, 0.5) is 5.69 Å². The average molecular weight is 218 g/mol. The standard InChI is InChI=1S/C13H18N2O/c1-15(12-8-3-2-4-9-12)14-13(16)10-11-6-5-7-11/h2-4,8-9,11H,5-7,10H2,1H3,(H,14,16). The van der Waals surface area contributed by atoms with E-state index in [1.165, 1.54) is 19.3 Å². The summed E-state index contributed by atoms with van der Waals surface area (Å²) in [5.74, 6) is 0.736. The van der Waals surface area contributed by atoms with Crippen molar-refractivity contribution < 1.29 is 4.79 Å². The van der Waals surface area contributed by atoms with Gasteiger partial charge in [-0.15, -0.1) is 0 Å². The highest BCUT2D eigenvalue weighted by Gasteiger charge is 2.20. The fourth-order valence-corrected chi connectivity index (χ4v) is 1.91. The van der Waals surface area contributed by atoms with Gasteiger partial charge in [0.1, 0.15) is 0 Å². The first-order chi connectivity index (χ1) is 7.75. The Hall–Kier alpha value is -1.51. The summed E-state index contributed by atoms with van der Waals surface area (Å²) >= 11 is 0. The van der Waals surface area contributed by atoms with Gasteiger partial charge in [-0.05, 0) is 30.9 Å². The highest BCUT2D eigenvalue weighted by Crippen LogP contribution is 2.29. The van der Waals surface area contributed by atoms with Crippen molar-refractivity contribution in [3.8, 4) is 0 Å². The number of rotatable bonds is 4. The number of hydrogen-bond acceptors (Lipinski definition) is 2. The number of carbonyl (C=O) groups excluding carboxylic acids is 1. The maximum Gasteiger partial charge on any atom is 0.238 e. The fraction of sp³-hybridized carbons (Fsp3) is 0.462. The van der Waals surface area contributed by atoms with Crippen LogP contribution in [0.3, 0.4) is 0 Å². The number of benzene rings is 1. The number of amides is 1. The van der Waals surface area contributed by atoms with Gasteiger partial charge in [-0.3, -0.25) is 15.2 Å². The first-order valence-electron chi connectivity index (χ1n) is 5.84. The van der Waals surface area contributed by atoms with Crippen LogP contribution in [0, 0.1) is 5.92 Å². The Morgan fingerprint density at radius 1 is 1.38 bits per heavy atom. The second-order valence-electron chi connectivity index (χ2n) is 4.43. The lowest BCUT2D eigenvalue weighted by Crippen LogP contribution is -2.40. The van der Waals surface area contributed by atoms with Crippen LogP contribution in [-0.2, 0) is 4.79 Å². The Kier molecular flexibility index (Phi) is 3.44. The predicted octanol–water partition coefficient (Wildman–Crippen LogP) is 2.34. The second kappa shape index (κ2) is 5.01. The molecule has 1 aliphatic rings. The molecule has 1 saturated carbocycles. The normalized spacial score (nSPS) is 15.3. The third kappa shape index (κ3) is 2.75. The van der Waals surface area contributed by atoms with E-state index in [4.69, 9.17) is 0 Å². The van der Waals surface area contributed by atoms with Crippen LogP contribution in [0.15, 0.2) is 30.3 Å². The van der Waals surface area contributed by atoms with Gasteiger partial charge in [-0.1, -0.05) is 24.6 Å². The fourth-order valence-electron chi connectivity index (χ4n) is 1.91. The molecular weight excluding hydrogens is 200 g/mol. The Morgan fingerprint density at radius 3 is 2.62 bits per heavy atom. The van der Waals surface area contributed by atoms with Gasteiger partial charge < -0.3 is 0 Å². The largest absolute Gasteiger partial charge is 0.289 e. The first-order valence-corrected chi connectivity index (χ1v) is 5.84. The molecule has 0 spiro atoms. The van der Waals surface area contributed by atoms with Crippen LogP contribution in [-0.4, -0.2) is 13.0 Å². The van der Waals surface area contributed by atoms with Crippen LogP contribution >= 0.6 is 0 Å². The highest BCUT2D eigenvalue weighted by molar-refractivity contribution is 5.78. The highest BCUT2D eigenvalue weighted by atomic mass is 16.2. The molecular formula is C13H18N2O. The zero-order valence-corrected chi connectivity index (χ0v) is 9.65. The van der Waals surface area contributed by atoms with E-state index in [1.54, 1.807) is 5.01 Å². The van der Waals surface area contributed by atoms with Crippen LogP contribution in [0.25, 0.3) is 0 Å². The monoisotopic (exact) mass is 218 g/mol. The van der Waals surface area contributed by atoms with Crippen molar-refractivity contribution in [2.75, 3.05) is 12.1 Å². The summed E-state index contributed by atoms with van der Waals surface area (Å²) in [4.78, 5) is 11.7. The first kappa shape index (κ1) is 11.0. The average Bonchev–Trinajstić information content (AvgIpc) is 2.25. The molecule has 0 radical (unpaired) electrons. The Labute approximate surface area is 96.4 Å². The van der Waals surface area contributed by atoms with Gasteiger partial charge >= 0.3 is 0 Å². The van der Waals surface area contributed by atoms with E-state index in [-0.39, 0.29) is 5.91 Å². The summed E-state index contributed by atoms with van der Waals surface area (Å²) in [5.41, 5.74) is 3.89. The number of nitrogens with one attached hydrogen (secondary N) is 1. The van der Waals surface area contributed by atoms with E-state index < -0.39 is 0 Å².